The number of hydrogen-bond donors (Lipinski definition) is 0. The van der Waals surface area contributed by atoms with Crippen LogP contribution in [-0.2, 0) is 0 Å². The molecule has 0 aliphatic rings. The summed E-state index contributed by atoms with van der Waals surface area (Å²) in [6.45, 7) is 8.01. The molecule has 3 aromatic rings. The highest BCUT2D eigenvalue weighted by Crippen LogP contribution is 2.38. The van der Waals surface area contributed by atoms with E-state index >= 15 is 0 Å². The standard InChI is InChI=1S/C20H19ClFN/c1-11(2)19-18(14-6-8-17(22)13(4)10-14)15-7-5-12(3)9-16(15)20(21)23-19/h5-11H,1-4H3. The molecule has 0 radical (unpaired) electrons. The predicted octanol–water partition coefficient (Wildman–Crippen LogP) is 6.43. The smallest absolute Gasteiger partial charge is 0.137 e. The van der Waals surface area contributed by atoms with E-state index in [1.165, 1.54) is 6.07 Å². The summed E-state index contributed by atoms with van der Waals surface area (Å²) in [5, 5.41) is 2.52. The van der Waals surface area contributed by atoms with E-state index in [9.17, 15) is 4.39 Å². The van der Waals surface area contributed by atoms with Crippen molar-refractivity contribution in [3.63, 3.8) is 0 Å². The summed E-state index contributed by atoms with van der Waals surface area (Å²) in [6, 6.07) is 11.4. The minimum Gasteiger partial charge on any atom is -0.240 e. The number of aromatic nitrogens is 1. The third-order valence-corrected chi connectivity index (χ3v) is 4.42. The lowest BCUT2D eigenvalue weighted by atomic mass is 9.91. The van der Waals surface area contributed by atoms with Gasteiger partial charge in [-0.2, -0.15) is 0 Å². The van der Waals surface area contributed by atoms with E-state index in [0.29, 0.717) is 10.7 Å². The van der Waals surface area contributed by atoms with Gasteiger partial charge in [-0.15, -0.1) is 0 Å². The van der Waals surface area contributed by atoms with Crippen LogP contribution in [0.3, 0.4) is 0 Å². The first-order valence-corrected chi connectivity index (χ1v) is 8.12. The maximum Gasteiger partial charge on any atom is 0.137 e. The Morgan fingerprint density at radius 1 is 1.00 bits per heavy atom. The lowest BCUT2D eigenvalue weighted by Gasteiger charge is -2.17. The summed E-state index contributed by atoms with van der Waals surface area (Å²) in [5.41, 5.74) is 4.73. The van der Waals surface area contributed by atoms with Crippen LogP contribution in [0.25, 0.3) is 21.9 Å². The van der Waals surface area contributed by atoms with Crippen LogP contribution in [0, 0.1) is 19.7 Å². The van der Waals surface area contributed by atoms with Gasteiger partial charge in [0.05, 0.1) is 5.69 Å². The third-order valence-electron chi connectivity index (χ3n) is 4.13. The SMILES string of the molecule is Cc1ccc2c(-c3ccc(F)c(C)c3)c(C(C)C)nc(Cl)c2c1. The first-order chi connectivity index (χ1) is 10.9. The highest BCUT2D eigenvalue weighted by atomic mass is 35.5. The highest BCUT2D eigenvalue weighted by molar-refractivity contribution is 6.34. The zero-order valence-electron chi connectivity index (χ0n) is 13.7. The number of pyridine rings is 1. The van der Waals surface area contributed by atoms with Gasteiger partial charge in [0.2, 0.25) is 0 Å². The molecule has 1 nitrogen and oxygen atoms in total. The molecule has 2 aromatic carbocycles. The Labute approximate surface area is 141 Å². The van der Waals surface area contributed by atoms with Crippen LogP contribution in [-0.4, -0.2) is 4.98 Å². The van der Waals surface area contributed by atoms with E-state index in [0.717, 1.165) is 33.2 Å². The van der Waals surface area contributed by atoms with Crippen LogP contribution in [0.5, 0.6) is 0 Å². The highest BCUT2D eigenvalue weighted by Gasteiger charge is 2.17. The first kappa shape index (κ1) is 15.9. The van der Waals surface area contributed by atoms with Crippen molar-refractivity contribution in [2.45, 2.75) is 33.6 Å². The molecular weight excluding hydrogens is 309 g/mol. The summed E-state index contributed by atoms with van der Waals surface area (Å²) < 4.78 is 13.7. The Morgan fingerprint density at radius 3 is 2.39 bits per heavy atom. The van der Waals surface area contributed by atoms with Crippen LogP contribution in [0.1, 0.15) is 36.6 Å². The topological polar surface area (TPSA) is 12.9 Å². The fraction of sp³-hybridized carbons (Fsp3) is 0.250. The number of fused-ring (bicyclic) bond motifs is 1. The molecule has 0 saturated heterocycles. The molecule has 0 N–H and O–H groups in total. The molecular formula is C20H19ClFN. The first-order valence-electron chi connectivity index (χ1n) is 7.74. The van der Waals surface area contributed by atoms with Gasteiger partial charge >= 0.3 is 0 Å². The fourth-order valence-corrected chi connectivity index (χ4v) is 3.18. The Kier molecular flexibility index (Phi) is 4.11. The van der Waals surface area contributed by atoms with Gasteiger partial charge in [-0.25, -0.2) is 9.37 Å². The predicted molar refractivity (Wildman–Crippen MR) is 95.7 cm³/mol. The number of nitrogens with zero attached hydrogens (tertiary/aromatic N) is 1. The van der Waals surface area contributed by atoms with E-state index in [1.54, 1.807) is 6.92 Å². The van der Waals surface area contributed by atoms with E-state index in [-0.39, 0.29) is 11.7 Å². The van der Waals surface area contributed by atoms with Crippen molar-refractivity contribution in [2.75, 3.05) is 0 Å². The summed E-state index contributed by atoms with van der Waals surface area (Å²) in [4.78, 5) is 4.64. The number of benzene rings is 2. The lowest BCUT2D eigenvalue weighted by molar-refractivity contribution is 0.619. The van der Waals surface area contributed by atoms with Gasteiger partial charge in [0.25, 0.3) is 0 Å². The van der Waals surface area contributed by atoms with E-state index in [1.807, 2.05) is 19.1 Å². The van der Waals surface area contributed by atoms with E-state index in [4.69, 9.17) is 11.6 Å². The molecule has 0 bridgehead atoms. The molecule has 0 aliphatic heterocycles. The van der Waals surface area contributed by atoms with Gasteiger partial charge in [-0.1, -0.05) is 49.2 Å². The minimum absolute atomic E-state index is 0.193. The van der Waals surface area contributed by atoms with E-state index in [2.05, 4.69) is 37.0 Å². The molecule has 23 heavy (non-hydrogen) atoms. The van der Waals surface area contributed by atoms with Crippen molar-refractivity contribution in [3.05, 3.63) is 64.2 Å². The second kappa shape index (κ2) is 5.93. The molecule has 3 rings (SSSR count). The Hall–Kier alpha value is -1.93. The summed E-state index contributed by atoms with van der Waals surface area (Å²) >= 11 is 6.42. The van der Waals surface area contributed by atoms with Crippen LogP contribution < -0.4 is 0 Å². The Morgan fingerprint density at radius 2 is 1.74 bits per heavy atom. The van der Waals surface area contributed by atoms with Crippen molar-refractivity contribution in [3.8, 4) is 11.1 Å². The van der Waals surface area contributed by atoms with Gasteiger partial charge in [-0.05, 0) is 54.5 Å². The van der Waals surface area contributed by atoms with Crippen LogP contribution in [0.4, 0.5) is 4.39 Å². The molecule has 0 fully saturated rings. The third kappa shape index (κ3) is 2.84. The molecule has 0 atom stereocenters. The normalized spacial score (nSPS) is 11.4. The second-order valence-electron chi connectivity index (χ2n) is 6.33. The average Bonchev–Trinajstić information content (AvgIpc) is 2.50. The zero-order chi connectivity index (χ0) is 16.7. The molecule has 1 heterocycles. The lowest BCUT2D eigenvalue weighted by Crippen LogP contribution is -2.00. The monoisotopic (exact) mass is 327 g/mol. The number of halogens is 2. The summed E-state index contributed by atoms with van der Waals surface area (Å²) in [7, 11) is 0. The van der Waals surface area contributed by atoms with Crippen molar-refractivity contribution in [1.29, 1.82) is 0 Å². The molecule has 3 heteroatoms. The maximum atomic E-state index is 13.7. The molecule has 0 saturated carbocycles. The minimum atomic E-state index is -0.193. The van der Waals surface area contributed by atoms with Gasteiger partial charge < -0.3 is 0 Å². The molecule has 0 unspecified atom stereocenters. The summed E-state index contributed by atoms with van der Waals surface area (Å²) in [5.74, 6) is 0.0282. The number of rotatable bonds is 2. The molecule has 0 spiro atoms. The second-order valence-corrected chi connectivity index (χ2v) is 6.69. The molecule has 0 aliphatic carbocycles. The molecule has 0 amide bonds. The molecule has 1 aromatic heterocycles. The van der Waals surface area contributed by atoms with Crippen molar-refractivity contribution < 1.29 is 4.39 Å². The van der Waals surface area contributed by atoms with Gasteiger partial charge in [0, 0.05) is 10.9 Å². The fourth-order valence-electron chi connectivity index (χ4n) is 2.93. The van der Waals surface area contributed by atoms with Crippen LogP contribution in [0.15, 0.2) is 36.4 Å². The van der Waals surface area contributed by atoms with Gasteiger partial charge in [0.15, 0.2) is 0 Å². The van der Waals surface area contributed by atoms with Crippen molar-refractivity contribution in [1.82, 2.24) is 4.98 Å². The molecule has 118 valence electrons. The largest absolute Gasteiger partial charge is 0.240 e. The Balaban J connectivity index is 2.43. The number of aryl methyl sites for hydroxylation is 2. The average molecular weight is 328 g/mol. The van der Waals surface area contributed by atoms with Crippen molar-refractivity contribution >= 4 is 22.4 Å². The maximum absolute atomic E-state index is 13.7. The van der Waals surface area contributed by atoms with Crippen LogP contribution >= 0.6 is 11.6 Å². The van der Waals surface area contributed by atoms with Gasteiger partial charge in [-0.3, -0.25) is 0 Å². The van der Waals surface area contributed by atoms with Crippen molar-refractivity contribution in [2.24, 2.45) is 0 Å². The van der Waals surface area contributed by atoms with E-state index < -0.39 is 0 Å². The number of hydrogen-bond acceptors (Lipinski definition) is 1. The van der Waals surface area contributed by atoms with Gasteiger partial charge in [0.1, 0.15) is 11.0 Å². The Bertz CT molecular complexity index is 900. The zero-order valence-corrected chi connectivity index (χ0v) is 14.5. The summed E-state index contributed by atoms with van der Waals surface area (Å²) in [6.07, 6.45) is 0. The quantitative estimate of drug-likeness (QED) is 0.494. The van der Waals surface area contributed by atoms with Crippen LogP contribution in [0.2, 0.25) is 5.15 Å².